The molecule has 254 valence electrons. The van der Waals surface area contributed by atoms with Crippen molar-refractivity contribution in [3.8, 4) is 44.8 Å². The maximum atomic E-state index is 6.70. The fraction of sp³-hybridized carbons (Fsp3) is 0. The molecule has 3 heteroatoms. The van der Waals surface area contributed by atoms with E-state index in [0.717, 1.165) is 66.4 Å². The minimum atomic E-state index is 0.617. The second-order valence-corrected chi connectivity index (χ2v) is 13.6. The first-order valence-electron chi connectivity index (χ1n) is 18.3. The van der Waals surface area contributed by atoms with Crippen LogP contribution >= 0.6 is 0 Å². The molecule has 0 saturated carbocycles. The molecule has 0 N–H and O–H groups in total. The summed E-state index contributed by atoms with van der Waals surface area (Å²) in [4.78, 5) is 7.34. The van der Waals surface area contributed by atoms with Crippen molar-refractivity contribution in [2.75, 3.05) is 4.90 Å². The van der Waals surface area contributed by atoms with Crippen molar-refractivity contribution in [1.29, 1.82) is 0 Å². The Kier molecular flexibility index (Phi) is 7.81. The molecule has 0 saturated heterocycles. The lowest BCUT2D eigenvalue weighted by atomic mass is 9.92. The summed E-state index contributed by atoms with van der Waals surface area (Å²) in [5.41, 5.74) is 12.8. The standard InChI is InChI=1S/C51H34N2O/c1-6-16-35(17-7-1)40-30-41(36-18-8-2-9-19-36)32-44(31-40)53(42-24-14-5-15-25-42)43-27-28-45-46(37-20-10-3-11-21-37)33-39-26-29-48-50(49(39)47(45)34-43)54-51(52-48)38-22-12-4-13-23-38/h1-34H. The molecule has 0 spiro atoms. The number of hydrogen-bond acceptors (Lipinski definition) is 3. The van der Waals surface area contributed by atoms with Gasteiger partial charge in [0.15, 0.2) is 5.58 Å². The molecule has 1 aromatic heterocycles. The fourth-order valence-corrected chi connectivity index (χ4v) is 7.67. The second-order valence-electron chi connectivity index (χ2n) is 13.6. The SMILES string of the molecule is c1ccc(-c2cc(-c3ccccc3)cc(N(c3ccccc3)c3ccc4c(-c5ccccc5)cc5ccc6nc(-c7ccccc7)oc6c5c4c3)c2)cc1. The molecule has 0 radical (unpaired) electrons. The van der Waals surface area contributed by atoms with Crippen LogP contribution in [0.1, 0.15) is 0 Å². The number of rotatable bonds is 7. The number of nitrogens with zero attached hydrogens (tertiary/aromatic N) is 2. The van der Waals surface area contributed by atoms with E-state index in [1.807, 2.05) is 30.3 Å². The van der Waals surface area contributed by atoms with Crippen LogP contribution in [0.15, 0.2) is 211 Å². The maximum absolute atomic E-state index is 6.70. The predicted molar refractivity (Wildman–Crippen MR) is 225 cm³/mol. The molecular formula is C51H34N2O. The maximum Gasteiger partial charge on any atom is 0.227 e. The Balaban J connectivity index is 1.26. The van der Waals surface area contributed by atoms with Gasteiger partial charge in [-0.1, -0.05) is 140 Å². The molecule has 0 fully saturated rings. The Hall–Kier alpha value is -7.23. The molecule has 0 unspecified atom stereocenters. The fourth-order valence-electron chi connectivity index (χ4n) is 7.67. The molecule has 1 heterocycles. The number of oxazole rings is 1. The van der Waals surface area contributed by atoms with Crippen LogP contribution in [0.3, 0.4) is 0 Å². The van der Waals surface area contributed by atoms with E-state index in [1.54, 1.807) is 0 Å². The van der Waals surface area contributed by atoms with Gasteiger partial charge in [-0.15, -0.1) is 0 Å². The monoisotopic (exact) mass is 690 g/mol. The van der Waals surface area contributed by atoms with E-state index in [2.05, 4.69) is 181 Å². The van der Waals surface area contributed by atoms with Crippen molar-refractivity contribution in [3.63, 3.8) is 0 Å². The Morgan fingerprint density at radius 1 is 0.370 bits per heavy atom. The number of anilines is 3. The minimum absolute atomic E-state index is 0.617. The molecule has 0 bridgehead atoms. The van der Waals surface area contributed by atoms with Crippen molar-refractivity contribution >= 4 is 49.7 Å². The smallest absolute Gasteiger partial charge is 0.227 e. The highest BCUT2D eigenvalue weighted by Crippen LogP contribution is 2.44. The summed E-state index contributed by atoms with van der Waals surface area (Å²) in [6, 6.07) is 73.0. The van der Waals surface area contributed by atoms with Crippen molar-refractivity contribution in [2.45, 2.75) is 0 Å². The third kappa shape index (κ3) is 5.69. The van der Waals surface area contributed by atoms with E-state index in [1.165, 1.54) is 22.3 Å². The predicted octanol–water partition coefficient (Wildman–Crippen LogP) is 14.3. The van der Waals surface area contributed by atoms with Crippen LogP contribution in [-0.4, -0.2) is 4.98 Å². The zero-order chi connectivity index (χ0) is 35.8. The van der Waals surface area contributed by atoms with Crippen LogP contribution < -0.4 is 4.90 Å². The van der Waals surface area contributed by atoms with Crippen LogP contribution in [-0.2, 0) is 0 Å². The van der Waals surface area contributed by atoms with Gasteiger partial charge >= 0.3 is 0 Å². The lowest BCUT2D eigenvalue weighted by Gasteiger charge is -2.27. The third-order valence-corrected chi connectivity index (χ3v) is 10.2. The van der Waals surface area contributed by atoms with E-state index in [4.69, 9.17) is 9.40 Å². The Morgan fingerprint density at radius 3 is 1.54 bits per heavy atom. The summed E-state index contributed by atoms with van der Waals surface area (Å²) in [5.74, 6) is 0.617. The molecule has 0 amide bonds. The highest BCUT2D eigenvalue weighted by Gasteiger charge is 2.20. The average molecular weight is 691 g/mol. The van der Waals surface area contributed by atoms with Crippen molar-refractivity contribution in [3.05, 3.63) is 206 Å². The van der Waals surface area contributed by atoms with Gasteiger partial charge in [0.25, 0.3) is 0 Å². The van der Waals surface area contributed by atoms with Gasteiger partial charge < -0.3 is 9.32 Å². The molecule has 0 aliphatic heterocycles. The zero-order valence-electron chi connectivity index (χ0n) is 29.4. The Labute approximate surface area is 314 Å². The lowest BCUT2D eigenvalue weighted by molar-refractivity contribution is 0.623. The number of fused-ring (bicyclic) bond motifs is 5. The zero-order valence-corrected chi connectivity index (χ0v) is 29.4. The largest absolute Gasteiger partial charge is 0.435 e. The van der Waals surface area contributed by atoms with Gasteiger partial charge in [-0.25, -0.2) is 4.98 Å². The molecule has 10 aromatic rings. The average Bonchev–Trinajstić information content (AvgIpc) is 3.70. The van der Waals surface area contributed by atoms with Crippen LogP contribution in [0.25, 0.3) is 77.5 Å². The van der Waals surface area contributed by atoms with Gasteiger partial charge in [0.1, 0.15) is 5.52 Å². The molecule has 9 aromatic carbocycles. The first-order chi connectivity index (χ1) is 26.8. The molecule has 0 atom stereocenters. The van der Waals surface area contributed by atoms with Gasteiger partial charge in [-0.2, -0.15) is 0 Å². The summed E-state index contributed by atoms with van der Waals surface area (Å²) in [6.07, 6.45) is 0. The highest BCUT2D eigenvalue weighted by molar-refractivity contribution is 6.22. The van der Waals surface area contributed by atoms with Crippen molar-refractivity contribution in [2.24, 2.45) is 0 Å². The molecule has 10 rings (SSSR count). The molecular weight excluding hydrogens is 657 g/mol. The van der Waals surface area contributed by atoms with Gasteiger partial charge in [0.05, 0.1) is 0 Å². The first-order valence-corrected chi connectivity index (χ1v) is 18.3. The molecule has 0 aliphatic rings. The van der Waals surface area contributed by atoms with Crippen LogP contribution in [0.5, 0.6) is 0 Å². The summed E-state index contributed by atoms with van der Waals surface area (Å²) < 4.78 is 6.70. The number of benzene rings is 9. The van der Waals surface area contributed by atoms with Crippen LogP contribution in [0, 0.1) is 0 Å². The van der Waals surface area contributed by atoms with E-state index < -0.39 is 0 Å². The van der Waals surface area contributed by atoms with Crippen LogP contribution in [0.4, 0.5) is 17.1 Å². The van der Waals surface area contributed by atoms with E-state index in [9.17, 15) is 0 Å². The highest BCUT2D eigenvalue weighted by atomic mass is 16.3. The van der Waals surface area contributed by atoms with Gasteiger partial charge in [0.2, 0.25) is 5.89 Å². The third-order valence-electron chi connectivity index (χ3n) is 10.2. The topological polar surface area (TPSA) is 29.3 Å². The Morgan fingerprint density at radius 2 is 0.926 bits per heavy atom. The lowest BCUT2D eigenvalue weighted by Crippen LogP contribution is -2.10. The Bertz CT molecular complexity index is 2850. The summed E-state index contributed by atoms with van der Waals surface area (Å²) in [7, 11) is 0. The van der Waals surface area contributed by atoms with E-state index >= 15 is 0 Å². The quantitative estimate of drug-likeness (QED) is 0.156. The molecule has 3 nitrogen and oxygen atoms in total. The number of aromatic nitrogens is 1. The normalized spacial score (nSPS) is 11.3. The summed E-state index contributed by atoms with van der Waals surface area (Å²) in [5, 5.41) is 4.41. The number of para-hydroxylation sites is 1. The van der Waals surface area contributed by atoms with Gasteiger partial charge in [-0.3, -0.25) is 0 Å². The number of hydrogen-bond donors (Lipinski definition) is 0. The van der Waals surface area contributed by atoms with Crippen LogP contribution in [0.2, 0.25) is 0 Å². The summed E-state index contributed by atoms with van der Waals surface area (Å²) >= 11 is 0. The van der Waals surface area contributed by atoms with E-state index in [-0.39, 0.29) is 0 Å². The second kappa shape index (κ2) is 13.4. The first kappa shape index (κ1) is 31.5. The van der Waals surface area contributed by atoms with Gasteiger partial charge in [-0.05, 0) is 116 Å². The van der Waals surface area contributed by atoms with Crippen molar-refractivity contribution in [1.82, 2.24) is 4.98 Å². The van der Waals surface area contributed by atoms with Crippen molar-refractivity contribution < 1.29 is 4.42 Å². The summed E-state index contributed by atoms with van der Waals surface area (Å²) in [6.45, 7) is 0. The molecule has 54 heavy (non-hydrogen) atoms. The minimum Gasteiger partial charge on any atom is -0.435 e. The molecule has 0 aliphatic carbocycles. The van der Waals surface area contributed by atoms with E-state index in [0.29, 0.717) is 5.89 Å². The van der Waals surface area contributed by atoms with Gasteiger partial charge in [0, 0.05) is 28.0 Å².